The third-order valence-electron chi connectivity index (χ3n) is 4.77. The lowest BCUT2D eigenvalue weighted by Crippen LogP contribution is -2.30. The third kappa shape index (κ3) is 4.13. The Morgan fingerprint density at radius 2 is 1.32 bits per heavy atom. The number of rotatable bonds is 6. The molecule has 0 fully saturated rings. The fraction of sp³-hybridized carbons (Fsp3) is 0.0800. The van der Waals surface area contributed by atoms with Gasteiger partial charge in [-0.15, -0.1) is 0 Å². The zero-order chi connectivity index (χ0) is 19.2. The average molecular weight is 383 g/mol. The number of allylic oxidation sites excluding steroid dienone is 2. The van der Waals surface area contributed by atoms with Gasteiger partial charge in [0.25, 0.3) is 0 Å². The first-order valence-corrected chi connectivity index (χ1v) is 10.8. The molecule has 1 N–H and O–H groups in total. The highest BCUT2D eigenvalue weighted by atomic mass is 31.1. The van der Waals surface area contributed by atoms with Crippen molar-refractivity contribution in [3.05, 3.63) is 120 Å². The maximum absolute atomic E-state index is 13.0. The van der Waals surface area contributed by atoms with Crippen molar-refractivity contribution >= 4 is 24.4 Å². The molecule has 3 heteroatoms. The maximum atomic E-state index is 13.0. The molecule has 28 heavy (non-hydrogen) atoms. The molecule has 1 aliphatic carbocycles. The zero-order valence-corrected chi connectivity index (χ0v) is 16.4. The van der Waals surface area contributed by atoms with Crippen LogP contribution in [0.4, 0.5) is 0 Å². The molecule has 0 saturated carbocycles. The summed E-state index contributed by atoms with van der Waals surface area (Å²) in [5.41, 5.74) is 1.11. The normalized spacial score (nSPS) is 15.5. The Labute approximate surface area is 167 Å². The first-order chi connectivity index (χ1) is 13.8. The molecule has 0 aliphatic heterocycles. The van der Waals surface area contributed by atoms with Crippen molar-refractivity contribution in [2.45, 2.75) is 6.54 Å². The summed E-state index contributed by atoms with van der Waals surface area (Å²) in [5, 5.41) is 6.81. The Morgan fingerprint density at radius 3 is 1.89 bits per heavy atom. The van der Waals surface area contributed by atoms with Gasteiger partial charge in [-0.3, -0.25) is 4.79 Å². The second-order valence-corrected chi connectivity index (χ2v) is 8.88. The van der Waals surface area contributed by atoms with Crippen LogP contribution < -0.4 is 15.9 Å². The van der Waals surface area contributed by atoms with E-state index in [-0.39, 0.29) is 11.8 Å². The molecule has 1 unspecified atom stereocenters. The molecular formula is C25H22NOP. The van der Waals surface area contributed by atoms with Crippen molar-refractivity contribution < 1.29 is 4.79 Å². The minimum absolute atomic E-state index is 0.0585. The quantitative estimate of drug-likeness (QED) is 0.624. The highest BCUT2D eigenvalue weighted by Crippen LogP contribution is 2.48. The summed E-state index contributed by atoms with van der Waals surface area (Å²) in [5.74, 6) is -0.168. The molecule has 0 aromatic heterocycles. The van der Waals surface area contributed by atoms with E-state index < -0.39 is 7.92 Å². The van der Waals surface area contributed by atoms with E-state index in [0.29, 0.717) is 6.54 Å². The van der Waals surface area contributed by atoms with Gasteiger partial charge in [-0.05, 0) is 29.4 Å². The number of carbonyl (C=O) groups excluding carboxylic acids is 1. The van der Waals surface area contributed by atoms with Crippen molar-refractivity contribution in [1.82, 2.24) is 5.32 Å². The summed E-state index contributed by atoms with van der Waals surface area (Å²) in [6, 6.07) is 31.0. The van der Waals surface area contributed by atoms with E-state index >= 15 is 0 Å². The van der Waals surface area contributed by atoms with Gasteiger partial charge in [-0.25, -0.2) is 0 Å². The smallest absolute Gasteiger partial charge is 0.231 e. The van der Waals surface area contributed by atoms with Crippen LogP contribution in [0.2, 0.25) is 0 Å². The second kappa shape index (κ2) is 8.82. The molecule has 1 amide bonds. The van der Waals surface area contributed by atoms with Crippen molar-refractivity contribution in [1.29, 1.82) is 0 Å². The molecular weight excluding hydrogens is 361 g/mol. The van der Waals surface area contributed by atoms with Crippen LogP contribution in [0.1, 0.15) is 5.56 Å². The van der Waals surface area contributed by atoms with Gasteiger partial charge in [0.1, 0.15) is 0 Å². The number of nitrogens with one attached hydrogen (secondary N) is 1. The summed E-state index contributed by atoms with van der Waals surface area (Å²) in [6.45, 7) is 0.548. The van der Waals surface area contributed by atoms with Gasteiger partial charge >= 0.3 is 0 Å². The number of hydrogen-bond acceptors (Lipinski definition) is 1. The van der Waals surface area contributed by atoms with Gasteiger partial charge in [-0.1, -0.05) is 109 Å². The van der Waals surface area contributed by atoms with Gasteiger partial charge in [-0.2, -0.15) is 0 Å². The Bertz CT molecular complexity index is 941. The molecule has 0 bridgehead atoms. The van der Waals surface area contributed by atoms with Gasteiger partial charge in [0.2, 0.25) is 5.91 Å². The minimum Gasteiger partial charge on any atom is -0.351 e. The summed E-state index contributed by atoms with van der Waals surface area (Å²) in [7, 11) is -0.751. The van der Waals surface area contributed by atoms with Crippen LogP contribution in [0.15, 0.2) is 115 Å². The van der Waals surface area contributed by atoms with Crippen LogP contribution in [0.5, 0.6) is 0 Å². The van der Waals surface area contributed by atoms with Gasteiger partial charge in [0.15, 0.2) is 0 Å². The third-order valence-corrected chi connectivity index (χ3v) is 7.34. The summed E-state index contributed by atoms with van der Waals surface area (Å²) >= 11 is 0. The van der Waals surface area contributed by atoms with Crippen molar-refractivity contribution in [2.75, 3.05) is 0 Å². The topological polar surface area (TPSA) is 29.1 Å². The van der Waals surface area contributed by atoms with Crippen LogP contribution in [-0.4, -0.2) is 5.91 Å². The van der Waals surface area contributed by atoms with Gasteiger partial charge in [0.05, 0.1) is 5.92 Å². The Balaban J connectivity index is 1.59. The van der Waals surface area contributed by atoms with Crippen LogP contribution in [0.3, 0.4) is 0 Å². The van der Waals surface area contributed by atoms with E-state index in [1.807, 2.05) is 54.6 Å². The number of carbonyl (C=O) groups is 1. The van der Waals surface area contributed by atoms with Crippen molar-refractivity contribution in [3.63, 3.8) is 0 Å². The predicted molar refractivity (Wildman–Crippen MR) is 118 cm³/mol. The highest BCUT2D eigenvalue weighted by molar-refractivity contribution is 7.76. The molecule has 1 aliphatic rings. The first-order valence-electron chi connectivity index (χ1n) is 9.43. The Morgan fingerprint density at radius 1 is 0.786 bits per heavy atom. The van der Waals surface area contributed by atoms with Crippen LogP contribution in [0, 0.1) is 5.92 Å². The molecule has 0 spiro atoms. The maximum Gasteiger partial charge on any atom is 0.231 e. The molecule has 0 radical (unpaired) electrons. The number of hydrogen-bond donors (Lipinski definition) is 1. The second-order valence-electron chi connectivity index (χ2n) is 6.66. The summed E-state index contributed by atoms with van der Waals surface area (Å²) in [4.78, 5) is 13.0. The van der Waals surface area contributed by atoms with Gasteiger partial charge in [0, 0.05) is 6.54 Å². The highest BCUT2D eigenvalue weighted by Gasteiger charge is 2.30. The van der Waals surface area contributed by atoms with Crippen LogP contribution >= 0.6 is 7.92 Å². The fourth-order valence-electron chi connectivity index (χ4n) is 3.40. The fourth-order valence-corrected chi connectivity index (χ4v) is 5.95. The molecule has 0 heterocycles. The van der Waals surface area contributed by atoms with E-state index in [1.165, 1.54) is 15.9 Å². The Kier molecular flexibility index (Phi) is 5.80. The molecule has 2 nitrogen and oxygen atoms in total. The summed E-state index contributed by atoms with van der Waals surface area (Å²) in [6.07, 6.45) is 6.15. The number of amides is 1. The lowest BCUT2D eigenvalue weighted by Gasteiger charge is -2.24. The average Bonchev–Trinajstić information content (AvgIpc) is 3.24. The molecule has 138 valence electrons. The lowest BCUT2D eigenvalue weighted by molar-refractivity contribution is -0.122. The largest absolute Gasteiger partial charge is 0.351 e. The lowest BCUT2D eigenvalue weighted by atomic mass is 10.1. The van der Waals surface area contributed by atoms with E-state index in [0.717, 1.165) is 5.56 Å². The van der Waals surface area contributed by atoms with Gasteiger partial charge < -0.3 is 5.32 Å². The predicted octanol–water partition coefficient (Wildman–Crippen LogP) is 4.51. The molecule has 3 aromatic rings. The molecule has 3 aromatic carbocycles. The molecule has 1 atom stereocenters. The molecule has 0 saturated heterocycles. The van der Waals surface area contributed by atoms with E-state index in [1.54, 1.807) is 0 Å². The minimum atomic E-state index is -0.751. The van der Waals surface area contributed by atoms with Crippen LogP contribution in [0.25, 0.3) is 0 Å². The van der Waals surface area contributed by atoms with Crippen LogP contribution in [-0.2, 0) is 11.3 Å². The Hall–Kier alpha value is -2.96. The standard InChI is InChI=1S/C25H22NOP/c27-25(26-19-20-11-4-1-5-12-20)23-17-10-18-24(23)28(21-13-6-2-7-14-21)22-15-8-3-9-16-22/h1-18,23H,19H2,(H,26,27). The number of benzene rings is 3. The molecule has 4 rings (SSSR count). The van der Waals surface area contributed by atoms with E-state index in [4.69, 9.17) is 0 Å². The van der Waals surface area contributed by atoms with Crippen molar-refractivity contribution in [2.24, 2.45) is 5.92 Å². The summed E-state index contributed by atoms with van der Waals surface area (Å²) < 4.78 is 0. The first kappa shape index (κ1) is 18.4. The van der Waals surface area contributed by atoms with E-state index in [2.05, 4.69) is 59.9 Å². The monoisotopic (exact) mass is 383 g/mol. The zero-order valence-electron chi connectivity index (χ0n) is 15.5. The van der Waals surface area contributed by atoms with Crippen molar-refractivity contribution in [3.8, 4) is 0 Å². The SMILES string of the molecule is O=C(NCc1ccccc1)C1C=CC=C1P(c1ccccc1)c1ccccc1. The van der Waals surface area contributed by atoms with E-state index in [9.17, 15) is 4.79 Å².